The van der Waals surface area contributed by atoms with Gasteiger partial charge >= 0.3 is 0 Å². The van der Waals surface area contributed by atoms with Crippen LogP contribution in [0.5, 0.6) is 0 Å². The van der Waals surface area contributed by atoms with Gasteiger partial charge in [0.25, 0.3) is 0 Å². The summed E-state index contributed by atoms with van der Waals surface area (Å²) in [5.41, 5.74) is 1.32. The molecule has 5 atom stereocenters. The third kappa shape index (κ3) is 2.97. The van der Waals surface area contributed by atoms with Crippen LogP contribution in [0.2, 0.25) is 10.0 Å². The molecule has 1 saturated heterocycles. The number of rotatable bonds is 4. The molecule has 24 heavy (non-hydrogen) atoms. The summed E-state index contributed by atoms with van der Waals surface area (Å²) in [6, 6.07) is 3.55. The zero-order valence-corrected chi connectivity index (χ0v) is 15.2. The van der Waals surface area contributed by atoms with Crippen molar-refractivity contribution in [3.05, 3.63) is 22.2 Å². The van der Waals surface area contributed by atoms with E-state index in [1.54, 1.807) is 23.6 Å². The predicted octanol–water partition coefficient (Wildman–Crippen LogP) is 3.19. The van der Waals surface area contributed by atoms with E-state index in [1.807, 2.05) is 6.92 Å². The highest BCUT2D eigenvalue weighted by Crippen LogP contribution is 2.37. The van der Waals surface area contributed by atoms with Crippen LogP contribution in [0.3, 0.4) is 0 Å². The first kappa shape index (κ1) is 17.8. The number of ether oxygens (including phenoxy) is 1. The van der Waals surface area contributed by atoms with Crippen molar-refractivity contribution in [1.29, 1.82) is 0 Å². The van der Waals surface area contributed by atoms with Gasteiger partial charge in [0.05, 0.1) is 27.2 Å². The van der Waals surface area contributed by atoms with Gasteiger partial charge in [-0.2, -0.15) is 0 Å². The van der Waals surface area contributed by atoms with Crippen LogP contribution in [0.4, 0.5) is 5.95 Å². The number of hydrogen-bond donors (Lipinski definition) is 3. The summed E-state index contributed by atoms with van der Waals surface area (Å²) < 4.78 is 7.51. The Balaban J connectivity index is 2.15. The molecule has 0 aliphatic carbocycles. The van der Waals surface area contributed by atoms with Crippen molar-refractivity contribution < 1.29 is 14.9 Å². The Labute approximate surface area is 150 Å². The average molecular weight is 374 g/mol. The van der Waals surface area contributed by atoms with Crippen LogP contribution in [-0.2, 0) is 4.74 Å². The van der Waals surface area contributed by atoms with Crippen molar-refractivity contribution in [2.75, 3.05) is 5.32 Å². The third-order valence-corrected chi connectivity index (χ3v) is 5.17. The largest absolute Gasteiger partial charge is 0.388 e. The predicted molar refractivity (Wildman–Crippen MR) is 94.7 cm³/mol. The van der Waals surface area contributed by atoms with Gasteiger partial charge in [0.2, 0.25) is 5.95 Å². The SMILES string of the molecule is CC[C@@H](C)Nc1nc2cc(Cl)c(Cl)cc2n1[C@@H]1O[C@H](C)[C@@H](O)[C@H]1O. The van der Waals surface area contributed by atoms with Gasteiger partial charge in [-0.15, -0.1) is 0 Å². The van der Waals surface area contributed by atoms with Gasteiger partial charge in [-0.1, -0.05) is 30.1 Å². The van der Waals surface area contributed by atoms with Crippen LogP contribution < -0.4 is 5.32 Å². The van der Waals surface area contributed by atoms with Crippen molar-refractivity contribution in [1.82, 2.24) is 9.55 Å². The molecule has 2 heterocycles. The van der Waals surface area contributed by atoms with E-state index < -0.39 is 24.5 Å². The number of fused-ring (bicyclic) bond motifs is 1. The second-order valence-electron chi connectivity index (χ2n) is 6.23. The van der Waals surface area contributed by atoms with Crippen LogP contribution >= 0.6 is 23.2 Å². The van der Waals surface area contributed by atoms with Crippen LogP contribution in [0, 0.1) is 0 Å². The molecular formula is C16H21Cl2N3O3. The standard InChI is InChI=1S/C16H21Cl2N3O3/c1-4-7(2)19-16-20-11-5-9(17)10(18)6-12(11)21(16)15-14(23)13(22)8(3)24-15/h5-8,13-15,22-23H,4H2,1-3H3,(H,19,20)/t7-,8-,13-,14-,15-/m1/s1. The topological polar surface area (TPSA) is 79.5 Å². The van der Waals surface area contributed by atoms with Gasteiger partial charge < -0.3 is 20.3 Å². The Morgan fingerprint density at radius 2 is 1.96 bits per heavy atom. The van der Waals surface area contributed by atoms with Crippen LogP contribution in [0.25, 0.3) is 11.0 Å². The van der Waals surface area contributed by atoms with Gasteiger partial charge in [-0.25, -0.2) is 4.98 Å². The molecular weight excluding hydrogens is 353 g/mol. The Hall–Kier alpha value is -1.05. The highest BCUT2D eigenvalue weighted by Gasteiger charge is 2.42. The van der Waals surface area contributed by atoms with Crippen LogP contribution in [-0.4, -0.2) is 44.1 Å². The molecule has 3 N–H and O–H groups in total. The van der Waals surface area contributed by atoms with E-state index in [1.165, 1.54) is 0 Å². The lowest BCUT2D eigenvalue weighted by Gasteiger charge is -2.22. The quantitative estimate of drug-likeness (QED) is 0.766. The summed E-state index contributed by atoms with van der Waals surface area (Å²) in [4.78, 5) is 4.57. The summed E-state index contributed by atoms with van der Waals surface area (Å²) in [5, 5.41) is 24.5. The number of nitrogens with zero attached hydrogens (tertiary/aromatic N) is 2. The summed E-state index contributed by atoms with van der Waals surface area (Å²) >= 11 is 12.3. The van der Waals surface area contributed by atoms with Crippen molar-refractivity contribution in [2.45, 2.75) is 57.8 Å². The zero-order chi connectivity index (χ0) is 17.6. The van der Waals surface area contributed by atoms with Crippen molar-refractivity contribution in [3.8, 4) is 0 Å². The first-order valence-corrected chi connectivity index (χ1v) is 8.74. The molecule has 1 aromatic carbocycles. The minimum Gasteiger partial charge on any atom is -0.388 e. The van der Waals surface area contributed by atoms with E-state index in [4.69, 9.17) is 27.9 Å². The Bertz CT molecular complexity index is 752. The van der Waals surface area contributed by atoms with E-state index in [0.29, 0.717) is 27.0 Å². The number of aliphatic hydroxyl groups is 2. The summed E-state index contributed by atoms with van der Waals surface area (Å²) in [7, 11) is 0. The number of aliphatic hydroxyl groups excluding tert-OH is 2. The maximum Gasteiger partial charge on any atom is 0.206 e. The molecule has 1 aliphatic heterocycles. The Morgan fingerprint density at radius 1 is 1.29 bits per heavy atom. The minimum absolute atomic E-state index is 0.174. The molecule has 1 aromatic heterocycles. The van der Waals surface area contributed by atoms with Gasteiger partial charge in [-0.3, -0.25) is 4.57 Å². The summed E-state index contributed by atoms with van der Waals surface area (Å²) in [6.07, 6.45) is -2.38. The molecule has 2 aromatic rings. The summed E-state index contributed by atoms with van der Waals surface area (Å²) in [5.74, 6) is 0.544. The van der Waals surface area contributed by atoms with E-state index in [9.17, 15) is 10.2 Å². The third-order valence-electron chi connectivity index (χ3n) is 4.45. The molecule has 0 unspecified atom stereocenters. The second-order valence-corrected chi connectivity index (χ2v) is 7.04. The first-order valence-electron chi connectivity index (χ1n) is 7.98. The number of aromatic nitrogens is 2. The number of hydrogen-bond acceptors (Lipinski definition) is 5. The minimum atomic E-state index is -1.07. The average Bonchev–Trinajstić information content (AvgIpc) is 2.99. The maximum absolute atomic E-state index is 10.4. The molecule has 3 rings (SSSR count). The maximum atomic E-state index is 10.4. The fraction of sp³-hybridized carbons (Fsp3) is 0.562. The molecule has 132 valence electrons. The van der Waals surface area contributed by atoms with Gasteiger partial charge in [0, 0.05) is 6.04 Å². The van der Waals surface area contributed by atoms with Crippen LogP contribution in [0.1, 0.15) is 33.4 Å². The molecule has 1 fully saturated rings. The van der Waals surface area contributed by atoms with E-state index in [2.05, 4.69) is 17.2 Å². The molecule has 0 saturated carbocycles. The molecule has 1 aliphatic rings. The number of benzene rings is 1. The number of halogens is 2. The van der Waals surface area contributed by atoms with Gasteiger partial charge in [-0.05, 0) is 32.4 Å². The second kappa shape index (κ2) is 6.69. The fourth-order valence-corrected chi connectivity index (χ4v) is 3.13. The van der Waals surface area contributed by atoms with Crippen molar-refractivity contribution >= 4 is 40.2 Å². The molecule has 0 amide bonds. The lowest BCUT2D eigenvalue weighted by atomic mass is 10.1. The highest BCUT2D eigenvalue weighted by molar-refractivity contribution is 6.42. The molecule has 8 heteroatoms. The zero-order valence-electron chi connectivity index (χ0n) is 13.7. The normalized spacial score (nSPS) is 28.5. The van der Waals surface area contributed by atoms with E-state index in [0.717, 1.165) is 6.42 Å². The smallest absolute Gasteiger partial charge is 0.206 e. The fourth-order valence-electron chi connectivity index (χ4n) is 2.81. The summed E-state index contributed by atoms with van der Waals surface area (Å²) in [6.45, 7) is 5.82. The molecule has 0 bridgehead atoms. The van der Waals surface area contributed by atoms with E-state index >= 15 is 0 Å². The molecule has 0 radical (unpaired) electrons. The lowest BCUT2D eigenvalue weighted by molar-refractivity contribution is -0.0284. The Morgan fingerprint density at radius 3 is 2.54 bits per heavy atom. The molecule has 0 spiro atoms. The van der Waals surface area contributed by atoms with E-state index in [-0.39, 0.29) is 6.04 Å². The lowest BCUT2D eigenvalue weighted by Crippen LogP contribution is -2.31. The number of anilines is 1. The Kier molecular flexibility index (Phi) is 4.95. The number of nitrogens with one attached hydrogen (secondary N) is 1. The first-order chi connectivity index (χ1) is 11.3. The van der Waals surface area contributed by atoms with Gasteiger partial charge in [0.1, 0.15) is 12.2 Å². The van der Waals surface area contributed by atoms with Gasteiger partial charge in [0.15, 0.2) is 6.23 Å². The molecule has 6 nitrogen and oxygen atoms in total. The highest BCUT2D eigenvalue weighted by atomic mass is 35.5. The van der Waals surface area contributed by atoms with Crippen molar-refractivity contribution in [3.63, 3.8) is 0 Å². The van der Waals surface area contributed by atoms with Crippen LogP contribution in [0.15, 0.2) is 12.1 Å². The van der Waals surface area contributed by atoms with Crippen molar-refractivity contribution in [2.24, 2.45) is 0 Å². The number of imidazole rings is 1. The monoisotopic (exact) mass is 373 g/mol.